The number of nitrogens with zero attached hydrogens (tertiary/aromatic N) is 3. The summed E-state index contributed by atoms with van der Waals surface area (Å²) in [6, 6.07) is 74.5. The average molecular weight is 912 g/mol. The molecule has 0 aliphatic rings. The van der Waals surface area contributed by atoms with E-state index in [9.17, 15) is 0 Å². The number of rotatable bonds is 6. The summed E-state index contributed by atoms with van der Waals surface area (Å²) in [5, 5.41) is 9.33. The van der Waals surface area contributed by atoms with Crippen molar-refractivity contribution in [3.8, 4) is 61.5 Å². The maximum atomic E-state index is 6.42. The Hall–Kier alpha value is -9.10. The van der Waals surface area contributed by atoms with Crippen LogP contribution in [0, 0.1) is 0 Å². The molecule has 0 amide bonds. The third-order valence-corrected chi connectivity index (χ3v) is 15.4. The van der Waals surface area contributed by atoms with Crippen molar-refractivity contribution in [2.45, 2.75) is 0 Å². The molecule has 5 nitrogen and oxygen atoms in total. The second-order valence-corrected chi connectivity index (χ2v) is 19.1. The highest BCUT2D eigenvalue weighted by Gasteiger charge is 2.19. The molecule has 0 fully saturated rings. The van der Waals surface area contributed by atoms with Gasteiger partial charge in [-0.1, -0.05) is 146 Å². The number of pyridine rings is 2. The van der Waals surface area contributed by atoms with E-state index in [1.165, 1.54) is 53.2 Å². The van der Waals surface area contributed by atoms with Gasteiger partial charge in [0.05, 0.1) is 17.2 Å². The molecule has 0 radical (unpaired) electrons. The Balaban J connectivity index is 0.842. The fourth-order valence-corrected chi connectivity index (χ4v) is 12.1. The second kappa shape index (κ2) is 15.2. The molecular formula is C64H37N3O2S. The molecule has 6 heterocycles. The molecule has 0 saturated carbocycles. The smallest absolute Gasteiger partial charge is 0.161 e. The normalized spacial score (nSPS) is 12.0. The molecule has 0 aliphatic heterocycles. The van der Waals surface area contributed by atoms with E-state index in [-0.39, 0.29) is 0 Å². The summed E-state index contributed by atoms with van der Waals surface area (Å²) in [5.41, 5.74) is 17.8. The number of hydrogen-bond acceptors (Lipinski definition) is 5. The first-order valence-corrected chi connectivity index (χ1v) is 24.3. The zero-order valence-electron chi connectivity index (χ0n) is 37.4. The third-order valence-electron chi connectivity index (χ3n) is 14.2. The molecule has 9 aromatic carbocycles. The molecule has 70 heavy (non-hydrogen) atoms. The van der Waals surface area contributed by atoms with Gasteiger partial charge in [0.25, 0.3) is 0 Å². The molecule has 0 saturated heterocycles. The van der Waals surface area contributed by atoms with Crippen molar-refractivity contribution in [3.63, 3.8) is 0 Å². The summed E-state index contributed by atoms with van der Waals surface area (Å²) in [7, 11) is 0. The minimum absolute atomic E-state index is 0.754. The summed E-state index contributed by atoms with van der Waals surface area (Å²) >= 11 is 1.87. The molecule has 0 aliphatic carbocycles. The zero-order chi connectivity index (χ0) is 45.9. The van der Waals surface area contributed by atoms with Crippen LogP contribution >= 0.6 is 11.3 Å². The predicted octanol–water partition coefficient (Wildman–Crippen LogP) is 18.1. The Labute approximate surface area is 404 Å². The lowest BCUT2D eigenvalue weighted by atomic mass is 9.97. The number of para-hydroxylation sites is 2. The van der Waals surface area contributed by atoms with Gasteiger partial charge in [0, 0.05) is 81.7 Å². The standard InChI is InChI=1S/C64H37N3O2S/c1-3-13-58-48(7-1)51-11-5-9-46(62(51)68-58)40-19-15-38(16-20-40)43-25-29-56-54(35-43)55-36-44(39-17-21-41(22-18-39)47-10-6-12-53-50-8-2-4-14-60(50)70-64(47)53)26-30-57(55)67(56)45-27-23-42(24-28-45)61-63-52(32-34-66-61)49-31-33-65-37-59(49)69-63/h1-37H. The topological polar surface area (TPSA) is 57.0 Å². The first-order valence-electron chi connectivity index (χ1n) is 23.5. The van der Waals surface area contributed by atoms with Crippen LogP contribution in [0.1, 0.15) is 0 Å². The molecule has 15 rings (SSSR count). The fourth-order valence-electron chi connectivity index (χ4n) is 10.8. The summed E-state index contributed by atoms with van der Waals surface area (Å²) < 4.78 is 17.8. The van der Waals surface area contributed by atoms with Gasteiger partial charge in [0.1, 0.15) is 16.9 Å². The van der Waals surface area contributed by atoms with E-state index in [0.717, 1.165) is 94.1 Å². The van der Waals surface area contributed by atoms with E-state index in [4.69, 9.17) is 13.8 Å². The minimum atomic E-state index is 0.754. The molecule has 0 bridgehead atoms. The van der Waals surface area contributed by atoms with Crippen LogP contribution in [0.5, 0.6) is 0 Å². The molecule has 326 valence electrons. The van der Waals surface area contributed by atoms with E-state index >= 15 is 0 Å². The maximum Gasteiger partial charge on any atom is 0.161 e. The molecule has 6 aromatic heterocycles. The highest BCUT2D eigenvalue weighted by Crippen LogP contribution is 2.43. The summed E-state index contributed by atoms with van der Waals surface area (Å²) in [4.78, 5) is 9.09. The Morgan fingerprint density at radius 2 is 0.929 bits per heavy atom. The number of aromatic nitrogens is 3. The van der Waals surface area contributed by atoms with Crippen LogP contribution in [-0.4, -0.2) is 14.5 Å². The lowest BCUT2D eigenvalue weighted by Gasteiger charge is -2.10. The van der Waals surface area contributed by atoms with Crippen molar-refractivity contribution in [1.29, 1.82) is 0 Å². The minimum Gasteiger partial charge on any atom is -0.455 e. The zero-order valence-corrected chi connectivity index (χ0v) is 38.2. The summed E-state index contributed by atoms with van der Waals surface area (Å²) in [6.07, 6.45) is 5.43. The van der Waals surface area contributed by atoms with Crippen molar-refractivity contribution < 1.29 is 8.83 Å². The largest absolute Gasteiger partial charge is 0.455 e. The van der Waals surface area contributed by atoms with Gasteiger partial charge < -0.3 is 13.4 Å². The van der Waals surface area contributed by atoms with Crippen LogP contribution in [-0.2, 0) is 0 Å². The molecule has 15 aromatic rings. The third kappa shape index (κ3) is 5.97. The Morgan fingerprint density at radius 3 is 1.69 bits per heavy atom. The van der Waals surface area contributed by atoms with Gasteiger partial charge in [-0.2, -0.15) is 0 Å². The second-order valence-electron chi connectivity index (χ2n) is 18.1. The van der Waals surface area contributed by atoms with Crippen LogP contribution in [0.2, 0.25) is 0 Å². The van der Waals surface area contributed by atoms with Crippen molar-refractivity contribution in [2.24, 2.45) is 0 Å². The molecule has 0 N–H and O–H groups in total. The van der Waals surface area contributed by atoms with Crippen LogP contribution < -0.4 is 0 Å². The number of hydrogen-bond donors (Lipinski definition) is 0. The predicted molar refractivity (Wildman–Crippen MR) is 291 cm³/mol. The Morgan fingerprint density at radius 1 is 0.371 bits per heavy atom. The molecule has 0 atom stereocenters. The number of thiophene rings is 1. The van der Waals surface area contributed by atoms with E-state index in [2.05, 4.69) is 192 Å². The lowest BCUT2D eigenvalue weighted by molar-refractivity contribution is 0.666. The average Bonchev–Trinajstić information content (AvgIpc) is 4.20. The SMILES string of the molecule is c1ccc2c(c1)oc1c(-c3ccc(-c4ccc5c(c4)c4cc(-c6ccc(-c7cccc8c7sc7ccccc78)cc6)ccc4n5-c4ccc(-c5nccc6c5oc5cnccc56)cc4)cc3)cccc12. The highest BCUT2D eigenvalue weighted by molar-refractivity contribution is 7.26. The number of fused-ring (bicyclic) bond motifs is 12. The summed E-state index contributed by atoms with van der Waals surface area (Å²) in [5.74, 6) is 0. The van der Waals surface area contributed by atoms with Gasteiger partial charge in [0.2, 0.25) is 0 Å². The Kier molecular flexibility index (Phi) is 8.46. The quantitative estimate of drug-likeness (QED) is 0.167. The monoisotopic (exact) mass is 911 g/mol. The molecular weight excluding hydrogens is 875 g/mol. The van der Waals surface area contributed by atoms with Gasteiger partial charge >= 0.3 is 0 Å². The van der Waals surface area contributed by atoms with Crippen molar-refractivity contribution >= 4 is 97.2 Å². The van der Waals surface area contributed by atoms with Gasteiger partial charge in [-0.25, -0.2) is 0 Å². The molecule has 0 spiro atoms. The van der Waals surface area contributed by atoms with Gasteiger partial charge in [-0.3, -0.25) is 9.97 Å². The van der Waals surface area contributed by atoms with E-state index in [1.54, 1.807) is 12.4 Å². The van der Waals surface area contributed by atoms with Crippen molar-refractivity contribution in [2.75, 3.05) is 0 Å². The number of furan rings is 2. The first-order chi connectivity index (χ1) is 34.7. The van der Waals surface area contributed by atoms with Crippen LogP contribution in [0.3, 0.4) is 0 Å². The highest BCUT2D eigenvalue weighted by atomic mass is 32.1. The fraction of sp³-hybridized carbons (Fsp3) is 0. The van der Waals surface area contributed by atoms with Crippen molar-refractivity contribution in [1.82, 2.24) is 14.5 Å². The lowest BCUT2D eigenvalue weighted by Crippen LogP contribution is -1.94. The van der Waals surface area contributed by atoms with Crippen LogP contribution in [0.15, 0.2) is 234 Å². The van der Waals surface area contributed by atoms with E-state index < -0.39 is 0 Å². The van der Waals surface area contributed by atoms with Gasteiger partial charge in [-0.05, 0) is 99.6 Å². The maximum absolute atomic E-state index is 6.42. The van der Waals surface area contributed by atoms with Crippen LogP contribution in [0.25, 0.3) is 147 Å². The van der Waals surface area contributed by atoms with Crippen molar-refractivity contribution in [3.05, 3.63) is 225 Å². The molecule has 6 heteroatoms. The van der Waals surface area contributed by atoms with Gasteiger partial charge in [-0.15, -0.1) is 11.3 Å². The number of benzene rings is 9. The molecule has 0 unspecified atom stereocenters. The van der Waals surface area contributed by atoms with E-state index in [1.807, 2.05) is 41.8 Å². The first kappa shape index (κ1) is 38.9. The van der Waals surface area contributed by atoms with Gasteiger partial charge in [0.15, 0.2) is 11.2 Å². The van der Waals surface area contributed by atoms with Crippen LogP contribution in [0.4, 0.5) is 0 Å². The van der Waals surface area contributed by atoms with E-state index in [0.29, 0.717) is 0 Å². The summed E-state index contributed by atoms with van der Waals surface area (Å²) in [6.45, 7) is 0. The Bertz CT molecular complexity index is 4360.